The second-order valence-electron chi connectivity index (χ2n) is 4.19. The topological polar surface area (TPSA) is 66.4 Å². The average molecular weight is 311 g/mol. The SMILES string of the molecule is O=C(Cc1cc(F)ccc1F)NC(CC(F)(F)F)C(=O)O. The van der Waals surface area contributed by atoms with Crippen molar-refractivity contribution >= 4 is 11.9 Å². The maximum Gasteiger partial charge on any atom is 0.391 e. The molecule has 1 atom stereocenters. The zero-order valence-electron chi connectivity index (χ0n) is 10.4. The van der Waals surface area contributed by atoms with Gasteiger partial charge >= 0.3 is 12.1 Å². The zero-order chi connectivity index (χ0) is 16.2. The third-order valence-electron chi connectivity index (χ3n) is 2.43. The Morgan fingerprint density at radius 2 is 1.86 bits per heavy atom. The molecule has 1 amide bonds. The molecule has 1 aromatic carbocycles. The van der Waals surface area contributed by atoms with Crippen molar-refractivity contribution in [2.75, 3.05) is 0 Å². The second kappa shape index (κ2) is 6.51. The smallest absolute Gasteiger partial charge is 0.391 e. The predicted molar refractivity (Wildman–Crippen MR) is 60.3 cm³/mol. The van der Waals surface area contributed by atoms with E-state index in [1.165, 1.54) is 0 Å². The van der Waals surface area contributed by atoms with Gasteiger partial charge in [0.2, 0.25) is 5.91 Å². The van der Waals surface area contributed by atoms with E-state index in [-0.39, 0.29) is 5.56 Å². The number of hydrogen-bond donors (Lipinski definition) is 2. The minimum atomic E-state index is -4.79. The number of alkyl halides is 3. The van der Waals surface area contributed by atoms with Gasteiger partial charge in [-0.05, 0) is 18.2 Å². The fraction of sp³-hybridized carbons (Fsp3) is 0.333. The number of carbonyl (C=O) groups is 2. The van der Waals surface area contributed by atoms with Gasteiger partial charge in [-0.25, -0.2) is 13.6 Å². The summed E-state index contributed by atoms with van der Waals surface area (Å²) in [6, 6.07) is 0.0751. The minimum Gasteiger partial charge on any atom is -0.480 e. The molecule has 1 aromatic rings. The van der Waals surface area contributed by atoms with E-state index in [1.807, 2.05) is 0 Å². The molecule has 0 spiro atoms. The number of nitrogens with one attached hydrogen (secondary N) is 1. The summed E-state index contributed by atoms with van der Waals surface area (Å²) in [6.07, 6.45) is -7.33. The Labute approximate surface area is 115 Å². The molecule has 0 saturated heterocycles. The first-order chi connectivity index (χ1) is 9.58. The van der Waals surface area contributed by atoms with Crippen LogP contribution in [0.1, 0.15) is 12.0 Å². The number of carbonyl (C=O) groups excluding carboxylic acids is 1. The first-order valence-electron chi connectivity index (χ1n) is 5.61. The third kappa shape index (κ3) is 5.76. The molecule has 116 valence electrons. The molecular formula is C12H10F5NO3. The molecule has 1 unspecified atom stereocenters. The Morgan fingerprint density at radius 3 is 2.38 bits per heavy atom. The summed E-state index contributed by atoms with van der Waals surface area (Å²) in [5.41, 5.74) is -0.386. The van der Waals surface area contributed by atoms with Gasteiger partial charge in [0.1, 0.15) is 17.7 Å². The standard InChI is InChI=1S/C12H10F5NO3/c13-7-1-2-8(14)6(3-7)4-10(19)18-9(11(20)21)5-12(15,16)17/h1-3,9H,4-5H2,(H,18,19)(H,20,21). The maximum atomic E-state index is 13.3. The number of hydrogen-bond acceptors (Lipinski definition) is 2. The lowest BCUT2D eigenvalue weighted by atomic mass is 10.1. The molecule has 2 N–H and O–H groups in total. The summed E-state index contributed by atoms with van der Waals surface area (Å²) < 4.78 is 62.5. The van der Waals surface area contributed by atoms with E-state index >= 15 is 0 Å². The molecule has 0 aliphatic heterocycles. The Hall–Kier alpha value is -2.19. The van der Waals surface area contributed by atoms with Crippen LogP contribution in [0.15, 0.2) is 18.2 Å². The van der Waals surface area contributed by atoms with E-state index in [1.54, 1.807) is 5.32 Å². The van der Waals surface area contributed by atoms with Crippen LogP contribution in [0.2, 0.25) is 0 Å². The van der Waals surface area contributed by atoms with E-state index in [9.17, 15) is 31.5 Å². The van der Waals surface area contributed by atoms with Gasteiger partial charge < -0.3 is 10.4 Å². The molecule has 0 bridgehead atoms. The number of benzene rings is 1. The molecular weight excluding hydrogens is 301 g/mol. The van der Waals surface area contributed by atoms with Crippen LogP contribution in [0, 0.1) is 11.6 Å². The Bertz CT molecular complexity index is 544. The van der Waals surface area contributed by atoms with Crippen molar-refractivity contribution in [1.29, 1.82) is 0 Å². The molecule has 0 aromatic heterocycles. The lowest BCUT2D eigenvalue weighted by molar-refractivity contribution is -0.159. The van der Waals surface area contributed by atoms with Gasteiger partial charge in [0.15, 0.2) is 0 Å². The Balaban J connectivity index is 2.74. The summed E-state index contributed by atoms with van der Waals surface area (Å²) in [5.74, 6) is -4.78. The lowest BCUT2D eigenvalue weighted by Crippen LogP contribution is -2.44. The largest absolute Gasteiger partial charge is 0.480 e. The molecule has 0 saturated carbocycles. The van der Waals surface area contributed by atoms with Crippen LogP contribution < -0.4 is 5.32 Å². The monoisotopic (exact) mass is 311 g/mol. The van der Waals surface area contributed by atoms with Crippen LogP contribution in [0.25, 0.3) is 0 Å². The highest BCUT2D eigenvalue weighted by Crippen LogP contribution is 2.21. The molecule has 1 rings (SSSR count). The van der Waals surface area contributed by atoms with Crippen molar-refractivity contribution < 1.29 is 36.6 Å². The maximum absolute atomic E-state index is 13.3. The number of carboxylic acid groups (broad SMARTS) is 1. The van der Waals surface area contributed by atoms with E-state index < -0.39 is 48.6 Å². The van der Waals surface area contributed by atoms with Gasteiger partial charge in [-0.3, -0.25) is 4.79 Å². The van der Waals surface area contributed by atoms with Gasteiger partial charge in [0, 0.05) is 5.56 Å². The van der Waals surface area contributed by atoms with Crippen molar-refractivity contribution in [3.05, 3.63) is 35.4 Å². The van der Waals surface area contributed by atoms with E-state index in [0.717, 1.165) is 12.1 Å². The van der Waals surface area contributed by atoms with Crippen molar-refractivity contribution in [3.63, 3.8) is 0 Å². The highest BCUT2D eigenvalue weighted by Gasteiger charge is 2.36. The Morgan fingerprint density at radius 1 is 1.24 bits per heavy atom. The van der Waals surface area contributed by atoms with Crippen LogP contribution in [0.5, 0.6) is 0 Å². The van der Waals surface area contributed by atoms with E-state index in [4.69, 9.17) is 5.11 Å². The van der Waals surface area contributed by atoms with Gasteiger partial charge in [-0.15, -0.1) is 0 Å². The first kappa shape index (κ1) is 16.9. The molecule has 0 radical (unpaired) electrons. The van der Waals surface area contributed by atoms with Crippen molar-refractivity contribution in [3.8, 4) is 0 Å². The van der Waals surface area contributed by atoms with Crippen LogP contribution in [0.3, 0.4) is 0 Å². The number of carboxylic acids is 1. The molecule has 0 aliphatic rings. The summed E-state index contributed by atoms with van der Waals surface area (Å²) in [6.45, 7) is 0. The fourth-order valence-electron chi connectivity index (χ4n) is 1.53. The normalized spacial score (nSPS) is 12.8. The minimum absolute atomic E-state index is 0.386. The van der Waals surface area contributed by atoms with Crippen molar-refractivity contribution in [2.24, 2.45) is 0 Å². The number of aliphatic carboxylic acids is 1. The van der Waals surface area contributed by atoms with Crippen molar-refractivity contribution in [2.45, 2.75) is 25.1 Å². The van der Waals surface area contributed by atoms with E-state index in [0.29, 0.717) is 6.07 Å². The molecule has 9 heteroatoms. The summed E-state index contributed by atoms with van der Waals surface area (Å²) in [4.78, 5) is 22.1. The van der Waals surface area contributed by atoms with Crippen LogP contribution in [0.4, 0.5) is 22.0 Å². The van der Waals surface area contributed by atoms with Gasteiger partial charge in [-0.2, -0.15) is 13.2 Å². The quantitative estimate of drug-likeness (QED) is 0.818. The molecule has 0 aliphatic carbocycles. The predicted octanol–water partition coefficient (Wildman–Crippen LogP) is 2.03. The summed E-state index contributed by atoms with van der Waals surface area (Å²) in [5, 5.41) is 10.2. The van der Waals surface area contributed by atoms with Crippen molar-refractivity contribution in [1.82, 2.24) is 5.32 Å². The summed E-state index contributed by atoms with van der Waals surface area (Å²) >= 11 is 0. The highest BCUT2D eigenvalue weighted by atomic mass is 19.4. The van der Waals surface area contributed by atoms with Gasteiger partial charge in [0.25, 0.3) is 0 Å². The molecule has 4 nitrogen and oxygen atoms in total. The molecule has 0 fully saturated rings. The van der Waals surface area contributed by atoms with Crippen LogP contribution in [-0.2, 0) is 16.0 Å². The Kier molecular flexibility index (Phi) is 5.23. The first-order valence-corrected chi connectivity index (χ1v) is 5.61. The van der Waals surface area contributed by atoms with Gasteiger partial charge in [-0.1, -0.05) is 0 Å². The average Bonchev–Trinajstić information content (AvgIpc) is 2.31. The second-order valence-corrected chi connectivity index (χ2v) is 4.19. The van der Waals surface area contributed by atoms with Crippen LogP contribution in [-0.4, -0.2) is 29.2 Å². The summed E-state index contributed by atoms with van der Waals surface area (Å²) in [7, 11) is 0. The molecule has 21 heavy (non-hydrogen) atoms. The third-order valence-corrected chi connectivity index (χ3v) is 2.43. The lowest BCUT2D eigenvalue weighted by Gasteiger charge is -2.16. The fourth-order valence-corrected chi connectivity index (χ4v) is 1.53. The number of rotatable bonds is 5. The zero-order valence-corrected chi connectivity index (χ0v) is 10.4. The highest BCUT2D eigenvalue weighted by molar-refractivity contribution is 5.84. The van der Waals surface area contributed by atoms with Crippen LogP contribution >= 0.6 is 0 Å². The molecule has 0 heterocycles. The number of amides is 1. The van der Waals surface area contributed by atoms with E-state index in [2.05, 4.69) is 0 Å². The van der Waals surface area contributed by atoms with Gasteiger partial charge in [0.05, 0.1) is 12.8 Å². The number of halogens is 5.